The van der Waals surface area contributed by atoms with Gasteiger partial charge in [0.2, 0.25) is 5.90 Å². The fraction of sp³-hybridized carbons (Fsp3) is 0.545. The smallest absolute Gasteiger partial charge is 0.410 e. The molecule has 0 radical (unpaired) electrons. The lowest BCUT2D eigenvalue weighted by Crippen LogP contribution is -2.42. The number of nitrogens with zero attached hydrogens (tertiary/aromatic N) is 2. The third-order valence-corrected chi connectivity index (χ3v) is 4.89. The molecule has 10 nitrogen and oxygen atoms in total. The SMILES string of the molecule is COC(=O)C1COC([C@@H]2C[C@H](NC(=O)OC(C)(C)C)CN2C(=O)OCc2ccccc2)=N1. The highest BCUT2D eigenvalue weighted by atomic mass is 16.6. The van der Waals surface area contributed by atoms with Gasteiger partial charge in [0, 0.05) is 6.54 Å². The first kappa shape index (κ1) is 23.4. The predicted molar refractivity (Wildman–Crippen MR) is 114 cm³/mol. The van der Waals surface area contributed by atoms with E-state index in [2.05, 4.69) is 10.3 Å². The quantitative estimate of drug-likeness (QED) is 0.544. The normalized spacial score (nSPS) is 22.6. The number of methoxy groups -OCH3 is 1. The van der Waals surface area contributed by atoms with Gasteiger partial charge in [-0.25, -0.2) is 19.4 Å². The summed E-state index contributed by atoms with van der Waals surface area (Å²) in [7, 11) is 1.28. The molecule has 1 fully saturated rings. The molecule has 3 atom stereocenters. The number of ether oxygens (including phenoxy) is 4. The van der Waals surface area contributed by atoms with Gasteiger partial charge in [0.05, 0.1) is 13.2 Å². The van der Waals surface area contributed by atoms with Crippen LogP contribution in [0.2, 0.25) is 0 Å². The van der Waals surface area contributed by atoms with Crippen LogP contribution < -0.4 is 5.32 Å². The van der Waals surface area contributed by atoms with Gasteiger partial charge in [-0.2, -0.15) is 0 Å². The second kappa shape index (κ2) is 9.88. The fourth-order valence-corrected chi connectivity index (χ4v) is 3.48. The number of rotatable bonds is 5. The first-order valence-corrected chi connectivity index (χ1v) is 10.4. The molecule has 0 spiro atoms. The van der Waals surface area contributed by atoms with Crippen molar-refractivity contribution >= 4 is 24.1 Å². The molecule has 1 saturated heterocycles. The van der Waals surface area contributed by atoms with Crippen molar-refractivity contribution < 1.29 is 33.3 Å². The van der Waals surface area contributed by atoms with Crippen molar-refractivity contribution in [1.82, 2.24) is 10.2 Å². The van der Waals surface area contributed by atoms with Crippen molar-refractivity contribution in [3.05, 3.63) is 35.9 Å². The van der Waals surface area contributed by atoms with Gasteiger partial charge in [-0.05, 0) is 32.8 Å². The molecule has 0 aromatic heterocycles. The van der Waals surface area contributed by atoms with E-state index < -0.39 is 41.9 Å². The zero-order valence-electron chi connectivity index (χ0n) is 18.7. The minimum atomic E-state index is -0.782. The van der Waals surface area contributed by atoms with E-state index in [4.69, 9.17) is 18.9 Å². The van der Waals surface area contributed by atoms with E-state index in [0.717, 1.165) is 5.56 Å². The molecule has 3 rings (SSSR count). The van der Waals surface area contributed by atoms with Crippen LogP contribution in [0.15, 0.2) is 35.3 Å². The minimum Gasteiger partial charge on any atom is -0.477 e. The van der Waals surface area contributed by atoms with E-state index in [0.29, 0.717) is 6.42 Å². The van der Waals surface area contributed by atoms with Gasteiger partial charge < -0.3 is 24.3 Å². The molecule has 2 aliphatic heterocycles. The first-order valence-electron chi connectivity index (χ1n) is 10.4. The summed E-state index contributed by atoms with van der Waals surface area (Å²) in [6, 6.07) is 7.53. The zero-order valence-corrected chi connectivity index (χ0v) is 18.7. The maximum absolute atomic E-state index is 12.9. The van der Waals surface area contributed by atoms with Crippen LogP contribution in [-0.4, -0.2) is 72.9 Å². The molecule has 0 saturated carbocycles. The van der Waals surface area contributed by atoms with Crippen LogP contribution in [0.25, 0.3) is 0 Å². The number of alkyl carbamates (subject to hydrolysis) is 1. The van der Waals surface area contributed by atoms with Gasteiger partial charge in [0.15, 0.2) is 6.04 Å². The number of likely N-dealkylation sites (tertiary alicyclic amines) is 1. The van der Waals surface area contributed by atoms with Crippen molar-refractivity contribution in [2.24, 2.45) is 4.99 Å². The molecule has 10 heteroatoms. The Balaban J connectivity index is 1.71. The van der Waals surface area contributed by atoms with Crippen LogP contribution in [0, 0.1) is 0 Å². The number of hydrogen-bond acceptors (Lipinski definition) is 8. The van der Waals surface area contributed by atoms with E-state index >= 15 is 0 Å². The Labute approximate surface area is 186 Å². The second-order valence-electron chi connectivity index (χ2n) is 8.60. The minimum absolute atomic E-state index is 0.0373. The Kier molecular flexibility index (Phi) is 7.22. The van der Waals surface area contributed by atoms with Gasteiger partial charge in [0.1, 0.15) is 24.9 Å². The Hall–Kier alpha value is -3.30. The summed E-state index contributed by atoms with van der Waals surface area (Å²) >= 11 is 0. The van der Waals surface area contributed by atoms with Gasteiger partial charge >= 0.3 is 18.2 Å². The summed E-state index contributed by atoms with van der Waals surface area (Å²) in [6.45, 7) is 5.63. The molecule has 2 aliphatic rings. The number of carbonyl (C=O) groups is 3. The number of carbonyl (C=O) groups excluding carboxylic acids is 3. The molecule has 0 aliphatic carbocycles. The molecular formula is C22H29N3O7. The van der Waals surface area contributed by atoms with Crippen LogP contribution in [-0.2, 0) is 30.3 Å². The van der Waals surface area contributed by atoms with E-state index in [1.54, 1.807) is 20.8 Å². The summed E-state index contributed by atoms with van der Waals surface area (Å²) in [5, 5.41) is 2.78. The topological polar surface area (TPSA) is 116 Å². The molecule has 0 bridgehead atoms. The molecular weight excluding hydrogens is 418 g/mol. The molecule has 1 aromatic carbocycles. The van der Waals surface area contributed by atoms with Crippen LogP contribution in [0.1, 0.15) is 32.8 Å². The highest BCUT2D eigenvalue weighted by Crippen LogP contribution is 2.25. The van der Waals surface area contributed by atoms with Gasteiger partial charge in [-0.1, -0.05) is 30.3 Å². The maximum Gasteiger partial charge on any atom is 0.410 e. The molecule has 1 unspecified atom stereocenters. The third-order valence-electron chi connectivity index (χ3n) is 4.89. The van der Waals surface area contributed by atoms with Crippen LogP contribution in [0.5, 0.6) is 0 Å². The van der Waals surface area contributed by atoms with E-state index in [1.807, 2.05) is 30.3 Å². The Morgan fingerprint density at radius 2 is 1.94 bits per heavy atom. The third kappa shape index (κ3) is 6.12. The summed E-state index contributed by atoms with van der Waals surface area (Å²) in [5.74, 6) is -0.273. The summed E-state index contributed by atoms with van der Waals surface area (Å²) < 4.78 is 21.1. The van der Waals surface area contributed by atoms with E-state index in [-0.39, 0.29) is 25.7 Å². The number of amides is 2. The lowest BCUT2D eigenvalue weighted by atomic mass is 10.1. The Morgan fingerprint density at radius 1 is 1.22 bits per heavy atom. The summed E-state index contributed by atoms with van der Waals surface area (Å²) in [6.07, 6.45) is -0.811. The molecule has 1 N–H and O–H groups in total. The van der Waals surface area contributed by atoms with E-state index in [1.165, 1.54) is 12.0 Å². The fourth-order valence-electron chi connectivity index (χ4n) is 3.48. The Morgan fingerprint density at radius 3 is 2.59 bits per heavy atom. The lowest BCUT2D eigenvalue weighted by molar-refractivity contribution is -0.142. The van der Waals surface area contributed by atoms with Crippen molar-refractivity contribution in [3.8, 4) is 0 Å². The van der Waals surface area contributed by atoms with Crippen LogP contribution >= 0.6 is 0 Å². The van der Waals surface area contributed by atoms with Crippen LogP contribution in [0.4, 0.5) is 9.59 Å². The average Bonchev–Trinajstić information content (AvgIpc) is 3.38. The number of hydrogen-bond donors (Lipinski definition) is 1. The second-order valence-corrected chi connectivity index (χ2v) is 8.60. The zero-order chi connectivity index (χ0) is 23.3. The molecule has 2 amide bonds. The van der Waals surface area contributed by atoms with Crippen molar-refractivity contribution in [3.63, 3.8) is 0 Å². The standard InChI is InChI=1S/C22H29N3O7/c1-22(2,3)32-20(27)23-15-10-17(18-24-16(13-30-18)19(26)29-4)25(11-15)21(28)31-12-14-8-6-5-7-9-14/h5-9,15-17H,10-13H2,1-4H3,(H,23,27)/t15-,16?,17-/m0/s1. The molecule has 2 heterocycles. The highest BCUT2D eigenvalue weighted by molar-refractivity contribution is 5.91. The van der Waals surface area contributed by atoms with Gasteiger partial charge in [0.25, 0.3) is 0 Å². The first-order chi connectivity index (χ1) is 15.2. The molecule has 1 aromatic rings. The summed E-state index contributed by atoms with van der Waals surface area (Å²) in [5.41, 5.74) is 0.197. The average molecular weight is 447 g/mol. The maximum atomic E-state index is 12.9. The molecule has 174 valence electrons. The van der Waals surface area contributed by atoms with E-state index in [9.17, 15) is 14.4 Å². The van der Waals surface area contributed by atoms with Gasteiger partial charge in [-0.15, -0.1) is 0 Å². The largest absolute Gasteiger partial charge is 0.477 e. The monoisotopic (exact) mass is 447 g/mol. The van der Waals surface area contributed by atoms with Crippen molar-refractivity contribution in [1.29, 1.82) is 0 Å². The van der Waals surface area contributed by atoms with Crippen LogP contribution in [0.3, 0.4) is 0 Å². The summed E-state index contributed by atoms with van der Waals surface area (Å²) in [4.78, 5) is 42.6. The number of benzene rings is 1. The van der Waals surface area contributed by atoms with Crippen molar-refractivity contribution in [2.45, 2.75) is 57.5 Å². The van der Waals surface area contributed by atoms with Gasteiger partial charge in [-0.3, -0.25) is 4.90 Å². The lowest BCUT2D eigenvalue weighted by Gasteiger charge is -2.23. The predicted octanol–water partition coefficient (Wildman–Crippen LogP) is 2.26. The number of nitrogens with one attached hydrogen (secondary N) is 1. The Bertz CT molecular complexity index is 866. The van der Waals surface area contributed by atoms with Crippen molar-refractivity contribution in [2.75, 3.05) is 20.3 Å². The number of esters is 1. The molecule has 32 heavy (non-hydrogen) atoms. The highest BCUT2D eigenvalue weighted by Gasteiger charge is 2.43. The number of aliphatic imine (C=N–C) groups is 1.